The van der Waals surface area contributed by atoms with Gasteiger partial charge >= 0.3 is 16.2 Å². The molecule has 1 rings (SSSR count). The fourth-order valence-corrected chi connectivity index (χ4v) is 1.96. The second-order valence-corrected chi connectivity index (χ2v) is 5.65. The smallest absolute Gasteiger partial charge is 0.337 e. The number of carbonyl (C=O) groups is 1. The molecule has 0 aromatic heterocycles. The van der Waals surface area contributed by atoms with Gasteiger partial charge in [0.1, 0.15) is 0 Å². The number of benzene rings is 1. The number of carboxylic acids is 1. The van der Waals surface area contributed by atoms with Gasteiger partial charge < -0.3 is 5.11 Å². The first-order valence-corrected chi connectivity index (χ1v) is 6.29. The van der Waals surface area contributed by atoms with Crippen LogP contribution in [-0.4, -0.2) is 37.9 Å². The van der Waals surface area contributed by atoms with Crippen LogP contribution in [0.3, 0.4) is 0 Å². The molecular weight excluding hydrogens is 268 g/mol. The lowest BCUT2D eigenvalue weighted by atomic mass is 10.2. The van der Waals surface area contributed by atoms with E-state index in [1.165, 1.54) is 32.3 Å². The summed E-state index contributed by atoms with van der Waals surface area (Å²) >= 11 is 5.78. The van der Waals surface area contributed by atoms with Gasteiger partial charge in [0.2, 0.25) is 0 Å². The molecule has 0 saturated heterocycles. The summed E-state index contributed by atoms with van der Waals surface area (Å²) in [5.41, 5.74) is -0.349. The number of aromatic carboxylic acids is 1. The lowest BCUT2D eigenvalue weighted by Crippen LogP contribution is -2.29. The van der Waals surface area contributed by atoms with Gasteiger partial charge in [0.15, 0.2) is 0 Å². The monoisotopic (exact) mass is 278 g/mol. The standard InChI is InChI=1S/C9H11ClN2O4S/c1-12(2)17(15,16)11-8-6(9(13)14)4-3-5-7(8)10/h3-5,11H,1-2H3,(H,13,14). The molecule has 0 heterocycles. The summed E-state index contributed by atoms with van der Waals surface area (Å²) < 4.78 is 26.2. The van der Waals surface area contributed by atoms with E-state index in [9.17, 15) is 13.2 Å². The second kappa shape index (κ2) is 4.91. The molecule has 8 heteroatoms. The Morgan fingerprint density at radius 2 is 2.00 bits per heavy atom. The normalized spacial score (nSPS) is 11.5. The summed E-state index contributed by atoms with van der Waals surface area (Å²) in [6, 6.07) is 4.10. The molecule has 0 unspecified atom stereocenters. The maximum atomic E-state index is 11.6. The van der Waals surface area contributed by atoms with Crippen LogP contribution < -0.4 is 4.72 Å². The first-order valence-electron chi connectivity index (χ1n) is 4.48. The Morgan fingerprint density at radius 1 is 1.41 bits per heavy atom. The number of hydrogen-bond donors (Lipinski definition) is 2. The molecule has 1 aromatic carbocycles. The Labute approximate surface area is 104 Å². The van der Waals surface area contributed by atoms with Crippen molar-refractivity contribution in [3.63, 3.8) is 0 Å². The SMILES string of the molecule is CN(C)S(=O)(=O)Nc1c(Cl)cccc1C(=O)O. The summed E-state index contributed by atoms with van der Waals surface area (Å²) in [5.74, 6) is -1.26. The van der Waals surface area contributed by atoms with E-state index in [1.54, 1.807) is 0 Å². The average Bonchev–Trinajstić information content (AvgIpc) is 2.20. The third-order valence-electron chi connectivity index (χ3n) is 1.96. The topological polar surface area (TPSA) is 86.7 Å². The van der Waals surface area contributed by atoms with Crippen molar-refractivity contribution in [3.8, 4) is 0 Å². The molecule has 0 aliphatic rings. The first-order chi connectivity index (χ1) is 7.75. The number of nitrogens with one attached hydrogen (secondary N) is 1. The second-order valence-electron chi connectivity index (χ2n) is 3.36. The van der Waals surface area contributed by atoms with E-state index in [2.05, 4.69) is 4.72 Å². The Hall–Kier alpha value is -1.31. The molecule has 0 aliphatic carbocycles. The predicted molar refractivity (Wildman–Crippen MR) is 64.6 cm³/mol. The van der Waals surface area contributed by atoms with E-state index >= 15 is 0 Å². The fraction of sp³-hybridized carbons (Fsp3) is 0.222. The molecule has 6 nitrogen and oxygen atoms in total. The summed E-state index contributed by atoms with van der Waals surface area (Å²) in [5, 5.41) is 8.94. The van der Waals surface area contributed by atoms with Crippen LogP contribution in [0, 0.1) is 0 Å². The van der Waals surface area contributed by atoms with Gasteiger partial charge in [-0.2, -0.15) is 12.7 Å². The van der Waals surface area contributed by atoms with Gasteiger partial charge in [-0.25, -0.2) is 4.79 Å². The fourth-order valence-electron chi connectivity index (χ4n) is 1.03. The highest BCUT2D eigenvalue weighted by atomic mass is 35.5. The number of anilines is 1. The van der Waals surface area contributed by atoms with Crippen molar-refractivity contribution in [3.05, 3.63) is 28.8 Å². The zero-order valence-electron chi connectivity index (χ0n) is 9.14. The van der Waals surface area contributed by atoms with Gasteiger partial charge in [-0.05, 0) is 12.1 Å². The van der Waals surface area contributed by atoms with Crippen molar-refractivity contribution >= 4 is 33.5 Å². The van der Waals surface area contributed by atoms with Crippen LogP contribution in [0.2, 0.25) is 5.02 Å². The van der Waals surface area contributed by atoms with Crippen molar-refractivity contribution in [2.45, 2.75) is 0 Å². The van der Waals surface area contributed by atoms with Gasteiger partial charge in [-0.1, -0.05) is 17.7 Å². The largest absolute Gasteiger partial charge is 0.478 e. The minimum atomic E-state index is -3.79. The minimum absolute atomic E-state index is 0.0234. The molecule has 0 aliphatic heterocycles. The Bertz CT molecular complexity index is 542. The highest BCUT2D eigenvalue weighted by Gasteiger charge is 2.20. The number of nitrogens with zero attached hydrogens (tertiary/aromatic N) is 1. The molecule has 0 fully saturated rings. The van der Waals surface area contributed by atoms with Crippen molar-refractivity contribution in [2.24, 2.45) is 0 Å². The van der Waals surface area contributed by atoms with Gasteiger partial charge in [-0.15, -0.1) is 0 Å². The molecule has 0 amide bonds. The summed E-state index contributed by atoms with van der Waals surface area (Å²) in [6.07, 6.45) is 0. The molecule has 0 radical (unpaired) electrons. The van der Waals surface area contributed by atoms with Gasteiger partial charge in [0.25, 0.3) is 0 Å². The van der Waals surface area contributed by atoms with Crippen molar-refractivity contribution in [2.75, 3.05) is 18.8 Å². The minimum Gasteiger partial charge on any atom is -0.478 e. The first kappa shape index (κ1) is 13.8. The van der Waals surface area contributed by atoms with Gasteiger partial charge in [0, 0.05) is 14.1 Å². The molecule has 17 heavy (non-hydrogen) atoms. The van der Waals surface area contributed by atoms with Crippen LogP contribution in [0.1, 0.15) is 10.4 Å². The number of hydrogen-bond acceptors (Lipinski definition) is 3. The summed E-state index contributed by atoms with van der Waals surface area (Å²) in [4.78, 5) is 10.9. The molecule has 0 bridgehead atoms. The molecule has 0 atom stereocenters. The number of carboxylic acid groups (broad SMARTS) is 1. The third-order valence-corrected chi connectivity index (χ3v) is 3.69. The summed E-state index contributed by atoms with van der Waals surface area (Å²) in [6.45, 7) is 0. The van der Waals surface area contributed by atoms with Crippen molar-refractivity contribution in [1.29, 1.82) is 0 Å². The quantitative estimate of drug-likeness (QED) is 0.868. The van der Waals surface area contributed by atoms with Crippen molar-refractivity contribution < 1.29 is 18.3 Å². The van der Waals surface area contributed by atoms with Crippen LogP contribution in [-0.2, 0) is 10.2 Å². The molecule has 2 N–H and O–H groups in total. The average molecular weight is 279 g/mol. The summed E-state index contributed by atoms with van der Waals surface area (Å²) in [7, 11) is -1.16. The van der Waals surface area contributed by atoms with Crippen molar-refractivity contribution in [1.82, 2.24) is 4.31 Å². The van der Waals surface area contributed by atoms with Crippen LogP contribution >= 0.6 is 11.6 Å². The zero-order valence-corrected chi connectivity index (χ0v) is 10.7. The van der Waals surface area contributed by atoms with E-state index in [-0.39, 0.29) is 16.3 Å². The van der Waals surface area contributed by atoms with Gasteiger partial charge in [-0.3, -0.25) is 4.72 Å². The highest BCUT2D eigenvalue weighted by molar-refractivity contribution is 7.90. The molecule has 0 saturated carbocycles. The van der Waals surface area contributed by atoms with E-state index in [4.69, 9.17) is 16.7 Å². The van der Waals surface area contributed by atoms with Crippen LogP contribution in [0.15, 0.2) is 18.2 Å². The maximum absolute atomic E-state index is 11.6. The Kier molecular flexibility index (Phi) is 3.97. The number of rotatable bonds is 4. The lowest BCUT2D eigenvalue weighted by Gasteiger charge is -2.15. The van der Waals surface area contributed by atoms with E-state index < -0.39 is 16.2 Å². The zero-order chi connectivity index (χ0) is 13.2. The predicted octanol–water partition coefficient (Wildman–Crippen LogP) is 1.26. The Morgan fingerprint density at radius 3 is 2.47 bits per heavy atom. The van der Waals surface area contributed by atoms with E-state index in [1.807, 2.05) is 0 Å². The van der Waals surface area contributed by atoms with Gasteiger partial charge in [0.05, 0.1) is 16.3 Å². The maximum Gasteiger partial charge on any atom is 0.337 e. The number of halogens is 1. The van der Waals surface area contributed by atoms with Crippen LogP contribution in [0.25, 0.3) is 0 Å². The highest BCUT2D eigenvalue weighted by Crippen LogP contribution is 2.27. The molecule has 0 spiro atoms. The molecule has 94 valence electrons. The lowest BCUT2D eigenvalue weighted by molar-refractivity contribution is 0.0698. The molecular formula is C9H11ClN2O4S. The van der Waals surface area contributed by atoms with E-state index in [0.717, 1.165) is 4.31 Å². The Balaban J connectivity index is 3.28. The van der Waals surface area contributed by atoms with E-state index in [0.29, 0.717) is 0 Å². The third kappa shape index (κ3) is 3.09. The molecule has 1 aromatic rings. The number of para-hydroxylation sites is 1. The van der Waals surface area contributed by atoms with Crippen LogP contribution in [0.4, 0.5) is 5.69 Å². The van der Waals surface area contributed by atoms with Crippen LogP contribution in [0.5, 0.6) is 0 Å².